The van der Waals surface area contributed by atoms with Gasteiger partial charge in [-0.2, -0.15) is 0 Å². The maximum absolute atomic E-state index is 13.0. The Morgan fingerprint density at radius 2 is 1.86 bits per heavy atom. The van der Waals surface area contributed by atoms with Crippen LogP contribution in [0.2, 0.25) is 5.02 Å². The number of nitrogens with zero attached hydrogens (tertiary/aromatic N) is 1. The minimum atomic E-state index is -0.619. The van der Waals surface area contributed by atoms with Gasteiger partial charge in [-0.05, 0) is 25.0 Å². The van der Waals surface area contributed by atoms with Crippen LogP contribution in [0.4, 0.5) is 0 Å². The fraction of sp³-hybridized carbons (Fsp3) is 0.273. The summed E-state index contributed by atoms with van der Waals surface area (Å²) in [5, 5.41) is 7.56. The Kier molecular flexibility index (Phi) is 6.17. The summed E-state index contributed by atoms with van der Waals surface area (Å²) in [4.78, 5) is 13.0. The van der Waals surface area contributed by atoms with Crippen LogP contribution >= 0.6 is 11.6 Å². The average Bonchev–Trinajstić information content (AvgIpc) is 3.11. The van der Waals surface area contributed by atoms with Gasteiger partial charge in [0.05, 0.1) is 11.6 Å². The number of amides is 1. The number of aromatic nitrogens is 1. The molecule has 1 aromatic heterocycles. The van der Waals surface area contributed by atoms with Crippen molar-refractivity contribution in [2.45, 2.75) is 25.9 Å². The average molecular weight is 399 g/mol. The molecule has 5 nitrogen and oxygen atoms in total. The van der Waals surface area contributed by atoms with E-state index in [0.29, 0.717) is 40.6 Å². The molecule has 0 aliphatic rings. The lowest BCUT2D eigenvalue weighted by molar-refractivity contribution is -0.0164. The molecule has 28 heavy (non-hydrogen) atoms. The first kappa shape index (κ1) is 20.1. The smallest absolute Gasteiger partial charge is 0.257 e. The highest BCUT2D eigenvalue weighted by Crippen LogP contribution is 2.32. The second-order valence-corrected chi connectivity index (χ2v) is 6.95. The van der Waals surface area contributed by atoms with Crippen LogP contribution in [-0.2, 0) is 10.3 Å². The summed E-state index contributed by atoms with van der Waals surface area (Å²) in [6, 6.07) is 17.1. The monoisotopic (exact) mass is 398 g/mol. The largest absolute Gasteiger partial charge is 0.372 e. The number of aryl methyl sites for hydroxylation is 1. The van der Waals surface area contributed by atoms with Gasteiger partial charge in [-0.15, -0.1) is 0 Å². The van der Waals surface area contributed by atoms with Gasteiger partial charge in [-0.25, -0.2) is 0 Å². The van der Waals surface area contributed by atoms with Crippen LogP contribution in [0.15, 0.2) is 59.1 Å². The SMILES string of the molecule is CCC(CNC(=O)c1c(-c2ccccc2Cl)noc1C)(OC)c1ccccc1. The number of benzene rings is 2. The third kappa shape index (κ3) is 3.81. The molecule has 1 N–H and O–H groups in total. The van der Waals surface area contributed by atoms with Gasteiger partial charge in [0, 0.05) is 12.7 Å². The molecule has 3 rings (SSSR count). The van der Waals surface area contributed by atoms with Crippen LogP contribution in [0.5, 0.6) is 0 Å². The van der Waals surface area contributed by atoms with Crippen molar-refractivity contribution in [2.24, 2.45) is 0 Å². The van der Waals surface area contributed by atoms with E-state index in [1.54, 1.807) is 20.1 Å². The zero-order valence-corrected chi connectivity index (χ0v) is 16.9. The van der Waals surface area contributed by atoms with Crippen LogP contribution in [0.25, 0.3) is 11.3 Å². The van der Waals surface area contributed by atoms with Crippen LogP contribution in [0, 0.1) is 6.92 Å². The van der Waals surface area contributed by atoms with E-state index in [0.717, 1.165) is 5.56 Å². The molecule has 0 fully saturated rings. The summed E-state index contributed by atoms with van der Waals surface area (Å²) in [5.41, 5.74) is 1.85. The Balaban J connectivity index is 1.88. The van der Waals surface area contributed by atoms with Gasteiger partial charge in [0.25, 0.3) is 5.91 Å². The second-order valence-electron chi connectivity index (χ2n) is 6.54. The number of hydrogen-bond acceptors (Lipinski definition) is 4. The molecular formula is C22H23ClN2O3. The van der Waals surface area contributed by atoms with Crippen molar-refractivity contribution in [1.29, 1.82) is 0 Å². The van der Waals surface area contributed by atoms with E-state index in [4.69, 9.17) is 20.9 Å². The Labute approximate surface area is 169 Å². The predicted octanol–water partition coefficient (Wildman–Crippen LogP) is 4.99. The van der Waals surface area contributed by atoms with Crippen molar-refractivity contribution in [2.75, 3.05) is 13.7 Å². The van der Waals surface area contributed by atoms with Crippen molar-refractivity contribution in [1.82, 2.24) is 10.5 Å². The molecular weight excluding hydrogens is 376 g/mol. The molecule has 0 bridgehead atoms. The summed E-state index contributed by atoms with van der Waals surface area (Å²) in [7, 11) is 1.66. The number of rotatable bonds is 7. The summed E-state index contributed by atoms with van der Waals surface area (Å²) >= 11 is 6.29. The van der Waals surface area contributed by atoms with E-state index in [1.165, 1.54) is 0 Å². The summed E-state index contributed by atoms with van der Waals surface area (Å²) < 4.78 is 11.1. The topological polar surface area (TPSA) is 64.4 Å². The molecule has 1 amide bonds. The maximum atomic E-state index is 13.0. The van der Waals surface area contributed by atoms with Gasteiger partial charge in [0.2, 0.25) is 0 Å². The van der Waals surface area contributed by atoms with E-state index >= 15 is 0 Å². The van der Waals surface area contributed by atoms with Crippen LogP contribution < -0.4 is 5.32 Å². The van der Waals surface area contributed by atoms with Crippen molar-refractivity contribution < 1.29 is 14.1 Å². The number of methoxy groups -OCH3 is 1. The number of hydrogen-bond donors (Lipinski definition) is 1. The molecule has 1 unspecified atom stereocenters. The zero-order valence-electron chi connectivity index (χ0n) is 16.2. The predicted molar refractivity (Wildman–Crippen MR) is 109 cm³/mol. The molecule has 1 heterocycles. The molecule has 0 spiro atoms. The second kappa shape index (κ2) is 8.59. The first-order chi connectivity index (χ1) is 13.5. The highest BCUT2D eigenvalue weighted by molar-refractivity contribution is 6.33. The fourth-order valence-corrected chi connectivity index (χ4v) is 3.52. The number of ether oxygens (including phenoxy) is 1. The van der Waals surface area contributed by atoms with E-state index < -0.39 is 5.60 Å². The van der Waals surface area contributed by atoms with Gasteiger partial charge in [0.1, 0.15) is 22.6 Å². The lowest BCUT2D eigenvalue weighted by Gasteiger charge is -2.32. The summed E-state index contributed by atoms with van der Waals surface area (Å²) in [6.07, 6.45) is 0.702. The number of nitrogens with one attached hydrogen (secondary N) is 1. The highest BCUT2D eigenvalue weighted by Gasteiger charge is 2.32. The Bertz CT molecular complexity index is 949. The molecule has 0 aliphatic heterocycles. The van der Waals surface area contributed by atoms with Gasteiger partial charge >= 0.3 is 0 Å². The van der Waals surface area contributed by atoms with Crippen molar-refractivity contribution in [3.8, 4) is 11.3 Å². The Morgan fingerprint density at radius 3 is 2.50 bits per heavy atom. The van der Waals surface area contributed by atoms with Gasteiger partial charge < -0.3 is 14.6 Å². The minimum absolute atomic E-state index is 0.278. The molecule has 0 aliphatic carbocycles. The van der Waals surface area contributed by atoms with Crippen molar-refractivity contribution >= 4 is 17.5 Å². The molecule has 0 saturated carbocycles. The molecule has 146 valence electrons. The fourth-order valence-electron chi connectivity index (χ4n) is 3.30. The highest BCUT2D eigenvalue weighted by atomic mass is 35.5. The molecule has 0 radical (unpaired) electrons. The molecule has 2 aromatic carbocycles. The van der Waals surface area contributed by atoms with E-state index in [-0.39, 0.29) is 5.91 Å². The summed E-state index contributed by atoms with van der Waals surface area (Å²) in [5.74, 6) is 0.158. The lowest BCUT2D eigenvalue weighted by atomic mass is 9.90. The molecule has 6 heteroatoms. The van der Waals surface area contributed by atoms with Crippen LogP contribution in [0.3, 0.4) is 0 Å². The summed E-state index contributed by atoms with van der Waals surface area (Å²) in [6.45, 7) is 4.06. The Morgan fingerprint density at radius 1 is 1.18 bits per heavy atom. The first-order valence-corrected chi connectivity index (χ1v) is 9.50. The number of halogens is 1. The third-order valence-electron chi connectivity index (χ3n) is 5.02. The van der Waals surface area contributed by atoms with Crippen molar-refractivity contribution in [3.63, 3.8) is 0 Å². The molecule has 1 atom stereocenters. The normalized spacial score (nSPS) is 13.1. The quantitative estimate of drug-likeness (QED) is 0.609. The van der Waals surface area contributed by atoms with Crippen LogP contribution in [-0.4, -0.2) is 24.7 Å². The number of carbonyl (C=O) groups excluding carboxylic acids is 1. The molecule has 0 saturated heterocycles. The standard InChI is InChI=1S/C22H23ClN2O3/c1-4-22(27-3,16-10-6-5-7-11-16)14-24-21(26)19-15(2)28-25-20(19)17-12-8-9-13-18(17)23/h5-13H,4,14H2,1-3H3,(H,24,26). The lowest BCUT2D eigenvalue weighted by Crippen LogP contribution is -2.42. The van der Waals surface area contributed by atoms with E-state index in [1.807, 2.05) is 55.5 Å². The zero-order chi connectivity index (χ0) is 20.1. The van der Waals surface area contributed by atoms with Gasteiger partial charge in [0.15, 0.2) is 0 Å². The van der Waals surface area contributed by atoms with E-state index in [2.05, 4.69) is 10.5 Å². The van der Waals surface area contributed by atoms with Gasteiger partial charge in [-0.1, -0.05) is 72.2 Å². The van der Waals surface area contributed by atoms with Gasteiger partial charge in [-0.3, -0.25) is 4.79 Å². The Hall–Kier alpha value is -2.63. The van der Waals surface area contributed by atoms with Crippen molar-refractivity contribution in [3.05, 3.63) is 76.5 Å². The van der Waals surface area contributed by atoms with Crippen LogP contribution in [0.1, 0.15) is 35.0 Å². The minimum Gasteiger partial charge on any atom is -0.372 e. The third-order valence-corrected chi connectivity index (χ3v) is 5.34. The van der Waals surface area contributed by atoms with E-state index in [9.17, 15) is 4.79 Å². The molecule has 3 aromatic rings. The first-order valence-electron chi connectivity index (χ1n) is 9.12. The maximum Gasteiger partial charge on any atom is 0.257 e. The number of carbonyl (C=O) groups is 1.